The summed E-state index contributed by atoms with van der Waals surface area (Å²) in [5.41, 5.74) is 1.98. The molecule has 1 N–H and O–H groups in total. The summed E-state index contributed by atoms with van der Waals surface area (Å²) in [5, 5.41) is 8.44. The number of amides is 1. The Hall–Kier alpha value is -3.40. The number of rotatable bonds is 7. The Bertz CT molecular complexity index is 1020. The molecule has 0 saturated carbocycles. The van der Waals surface area contributed by atoms with E-state index < -0.39 is 18.5 Å². The van der Waals surface area contributed by atoms with E-state index in [2.05, 4.69) is 15.5 Å². The van der Waals surface area contributed by atoms with Crippen molar-refractivity contribution in [1.29, 1.82) is 0 Å². The van der Waals surface area contributed by atoms with Crippen molar-refractivity contribution in [3.05, 3.63) is 40.6 Å². The molecule has 29 heavy (non-hydrogen) atoms. The monoisotopic (exact) mass is 417 g/mol. The summed E-state index contributed by atoms with van der Waals surface area (Å²) < 4.78 is 20.6. The van der Waals surface area contributed by atoms with E-state index in [9.17, 15) is 9.59 Å². The minimum Gasteiger partial charge on any atom is -0.497 e. The topological polar surface area (TPSA) is 113 Å². The van der Waals surface area contributed by atoms with Crippen LogP contribution >= 0.6 is 11.3 Å². The second-order valence-corrected chi connectivity index (χ2v) is 6.79. The molecule has 0 aliphatic heterocycles. The summed E-state index contributed by atoms with van der Waals surface area (Å²) in [6, 6.07) is 5.36. The second-order valence-electron chi connectivity index (χ2n) is 5.93. The average Bonchev–Trinajstić information content (AvgIpc) is 3.31. The molecule has 0 fully saturated rings. The predicted octanol–water partition coefficient (Wildman–Crippen LogP) is 3.23. The van der Waals surface area contributed by atoms with Crippen molar-refractivity contribution >= 4 is 28.3 Å². The zero-order chi connectivity index (χ0) is 21.0. The molecule has 0 spiro atoms. The summed E-state index contributed by atoms with van der Waals surface area (Å²) in [4.78, 5) is 28.6. The number of nitrogens with zero attached hydrogens (tertiary/aromatic N) is 2. The van der Waals surface area contributed by atoms with Gasteiger partial charge in [0.05, 0.1) is 25.6 Å². The second kappa shape index (κ2) is 8.74. The molecule has 0 unspecified atom stereocenters. The average molecular weight is 417 g/mol. The maximum Gasteiger partial charge on any atom is 0.344 e. The molecule has 3 aromatic rings. The van der Waals surface area contributed by atoms with Gasteiger partial charge in [0.2, 0.25) is 0 Å². The first-order chi connectivity index (χ1) is 13.9. The lowest BCUT2D eigenvalue weighted by atomic mass is 10.1. The first-order valence-corrected chi connectivity index (χ1v) is 9.38. The van der Waals surface area contributed by atoms with Crippen LogP contribution in [0.1, 0.15) is 21.8 Å². The van der Waals surface area contributed by atoms with Crippen molar-refractivity contribution in [1.82, 2.24) is 10.1 Å². The van der Waals surface area contributed by atoms with E-state index in [4.69, 9.17) is 18.7 Å². The van der Waals surface area contributed by atoms with E-state index in [1.54, 1.807) is 51.6 Å². The summed E-state index contributed by atoms with van der Waals surface area (Å²) in [5.74, 6) is 0.443. The summed E-state index contributed by atoms with van der Waals surface area (Å²) in [6.07, 6.45) is 0. The molecule has 3 rings (SSSR count). The quantitative estimate of drug-likeness (QED) is 0.583. The van der Waals surface area contributed by atoms with E-state index in [-0.39, 0.29) is 5.56 Å². The Morgan fingerprint density at radius 3 is 2.66 bits per heavy atom. The molecule has 1 aromatic carbocycles. The third-order valence-corrected chi connectivity index (χ3v) is 4.76. The maximum absolute atomic E-state index is 12.1. The van der Waals surface area contributed by atoms with E-state index in [1.165, 1.54) is 11.3 Å². The zero-order valence-corrected chi connectivity index (χ0v) is 17.1. The molecular formula is C19H19N3O6S. The highest BCUT2D eigenvalue weighted by Gasteiger charge is 2.20. The smallest absolute Gasteiger partial charge is 0.344 e. The summed E-state index contributed by atoms with van der Waals surface area (Å²) in [6.45, 7) is 2.76. The van der Waals surface area contributed by atoms with E-state index in [0.717, 1.165) is 5.56 Å². The number of aryl methyl sites for hydroxylation is 2. The van der Waals surface area contributed by atoms with Gasteiger partial charge in [0.25, 0.3) is 5.91 Å². The van der Waals surface area contributed by atoms with Gasteiger partial charge in [0.1, 0.15) is 22.8 Å². The first-order valence-electron chi connectivity index (χ1n) is 8.50. The van der Waals surface area contributed by atoms with Crippen LogP contribution in [-0.2, 0) is 9.53 Å². The number of aromatic nitrogens is 2. The van der Waals surface area contributed by atoms with Gasteiger partial charge >= 0.3 is 5.97 Å². The Labute approximate surface area is 170 Å². The molecule has 0 aliphatic carbocycles. The van der Waals surface area contributed by atoms with Crippen molar-refractivity contribution in [2.75, 3.05) is 26.1 Å². The zero-order valence-electron chi connectivity index (χ0n) is 16.3. The minimum atomic E-state index is -0.669. The fourth-order valence-electron chi connectivity index (χ4n) is 2.60. The van der Waals surface area contributed by atoms with Crippen LogP contribution in [0.2, 0.25) is 0 Å². The van der Waals surface area contributed by atoms with Crippen molar-refractivity contribution in [3.8, 4) is 22.8 Å². The van der Waals surface area contributed by atoms with Crippen molar-refractivity contribution in [2.45, 2.75) is 13.8 Å². The molecule has 152 valence electrons. The number of anilines is 1. The van der Waals surface area contributed by atoms with Gasteiger partial charge in [-0.3, -0.25) is 10.1 Å². The van der Waals surface area contributed by atoms with Gasteiger partial charge in [0.15, 0.2) is 11.7 Å². The normalized spacial score (nSPS) is 10.5. The minimum absolute atomic E-state index is 0.222. The van der Waals surface area contributed by atoms with Crippen LogP contribution < -0.4 is 14.8 Å². The van der Waals surface area contributed by atoms with Gasteiger partial charge < -0.3 is 18.7 Å². The molecule has 0 bridgehead atoms. The van der Waals surface area contributed by atoms with Gasteiger partial charge in [-0.2, -0.15) is 0 Å². The fourth-order valence-corrected chi connectivity index (χ4v) is 3.33. The number of hydrogen-bond acceptors (Lipinski definition) is 9. The van der Waals surface area contributed by atoms with Gasteiger partial charge in [-0.15, -0.1) is 11.3 Å². The Morgan fingerprint density at radius 2 is 2.00 bits per heavy atom. The molecule has 1 amide bonds. The Kier molecular flexibility index (Phi) is 6.13. The lowest BCUT2D eigenvalue weighted by Crippen LogP contribution is -2.21. The molecule has 0 radical (unpaired) electrons. The van der Waals surface area contributed by atoms with Gasteiger partial charge in [-0.25, -0.2) is 9.78 Å². The number of carbonyl (C=O) groups excluding carboxylic acids is 2. The number of carbonyl (C=O) groups is 2. The number of benzene rings is 1. The maximum atomic E-state index is 12.1. The van der Waals surface area contributed by atoms with Crippen molar-refractivity contribution in [2.24, 2.45) is 0 Å². The highest BCUT2D eigenvalue weighted by atomic mass is 32.1. The summed E-state index contributed by atoms with van der Waals surface area (Å²) in [7, 11) is 3.13. The lowest BCUT2D eigenvalue weighted by Gasteiger charge is -2.08. The van der Waals surface area contributed by atoms with Crippen LogP contribution in [0.5, 0.6) is 11.5 Å². The Morgan fingerprint density at radius 1 is 1.21 bits per heavy atom. The van der Waals surface area contributed by atoms with Crippen molar-refractivity contribution in [3.63, 3.8) is 0 Å². The van der Waals surface area contributed by atoms with Crippen LogP contribution in [0.4, 0.5) is 5.13 Å². The van der Waals surface area contributed by atoms with Crippen LogP contribution in [0, 0.1) is 13.8 Å². The molecule has 2 heterocycles. The lowest BCUT2D eigenvalue weighted by molar-refractivity contribution is -0.119. The van der Waals surface area contributed by atoms with E-state index >= 15 is 0 Å². The molecule has 9 nitrogen and oxygen atoms in total. The van der Waals surface area contributed by atoms with Crippen LogP contribution in [0.3, 0.4) is 0 Å². The van der Waals surface area contributed by atoms with Gasteiger partial charge in [-0.1, -0.05) is 5.16 Å². The van der Waals surface area contributed by atoms with E-state index in [0.29, 0.717) is 33.8 Å². The molecule has 0 aliphatic rings. The Balaban J connectivity index is 1.64. The third-order valence-electron chi connectivity index (χ3n) is 4.00. The number of methoxy groups -OCH3 is 2. The molecule has 0 saturated heterocycles. The largest absolute Gasteiger partial charge is 0.497 e. The van der Waals surface area contributed by atoms with Crippen LogP contribution in [0.25, 0.3) is 11.3 Å². The molecule has 2 aromatic heterocycles. The number of hydrogen-bond donors (Lipinski definition) is 1. The highest BCUT2D eigenvalue weighted by molar-refractivity contribution is 7.14. The van der Waals surface area contributed by atoms with Crippen LogP contribution in [0.15, 0.2) is 28.1 Å². The predicted molar refractivity (Wildman–Crippen MR) is 106 cm³/mol. The van der Waals surface area contributed by atoms with Gasteiger partial charge in [-0.05, 0) is 32.0 Å². The molecular weight excluding hydrogens is 398 g/mol. The van der Waals surface area contributed by atoms with Crippen LogP contribution in [-0.4, -0.2) is 42.8 Å². The highest BCUT2D eigenvalue weighted by Crippen LogP contribution is 2.35. The van der Waals surface area contributed by atoms with Gasteiger partial charge in [0, 0.05) is 10.9 Å². The molecule has 0 atom stereocenters. The number of ether oxygens (including phenoxy) is 3. The standard InChI is InChI=1S/C19H19N3O6S/c1-10-17(11(2)28-22-10)18(24)27-8-16(23)21-19-20-14(9-29-19)13-7-12(25-3)5-6-15(13)26-4/h5-7,9H,8H2,1-4H3,(H,20,21,23). The SMILES string of the molecule is COc1ccc(OC)c(-c2csc(NC(=O)COC(=O)c3c(C)noc3C)n2)c1. The van der Waals surface area contributed by atoms with E-state index in [1.807, 2.05) is 0 Å². The fraction of sp³-hybridized carbons (Fsp3) is 0.263. The summed E-state index contributed by atoms with van der Waals surface area (Å²) >= 11 is 1.24. The number of nitrogens with one attached hydrogen (secondary N) is 1. The number of thiazole rings is 1. The van der Waals surface area contributed by atoms with Crippen molar-refractivity contribution < 1.29 is 28.3 Å². The third kappa shape index (κ3) is 4.54. The number of esters is 1. The molecule has 10 heteroatoms. The first kappa shape index (κ1) is 20.3.